The predicted molar refractivity (Wildman–Crippen MR) is 103 cm³/mol. The zero-order valence-electron chi connectivity index (χ0n) is 16.2. The van der Waals surface area contributed by atoms with Gasteiger partial charge >= 0.3 is 5.97 Å². The van der Waals surface area contributed by atoms with Gasteiger partial charge in [-0.15, -0.1) is 0 Å². The van der Waals surface area contributed by atoms with Crippen LogP contribution in [0.1, 0.15) is 51.5 Å². The van der Waals surface area contributed by atoms with Gasteiger partial charge in [-0.2, -0.15) is 0 Å². The summed E-state index contributed by atoms with van der Waals surface area (Å²) in [7, 11) is 0. The highest BCUT2D eigenvalue weighted by Crippen LogP contribution is 2.24. The molecule has 27 heavy (non-hydrogen) atoms. The lowest BCUT2D eigenvalue weighted by molar-refractivity contribution is -0.142. The summed E-state index contributed by atoms with van der Waals surface area (Å²) in [6.07, 6.45) is 4.03. The topological polar surface area (TPSA) is 86.7 Å². The van der Waals surface area contributed by atoms with Crippen molar-refractivity contribution in [1.29, 1.82) is 0 Å². The standard InChI is InChI=1S/C21H30N2O4/c1-3-8-19(24)23-12-7-11-17(23)13-15(2)20(25)22-18(21(26)27)14-16-9-5-4-6-10-16/h4-6,9-10,15,17-18H,3,7-8,11-14H2,1-2H3,(H,22,25)(H,26,27)/t15-,17+,18-/m1/s1. The molecule has 2 rings (SSSR count). The lowest BCUT2D eigenvalue weighted by Gasteiger charge is -2.27. The first-order chi connectivity index (χ1) is 12.9. The van der Waals surface area contributed by atoms with Gasteiger partial charge in [-0.1, -0.05) is 44.2 Å². The maximum absolute atomic E-state index is 12.6. The number of nitrogens with one attached hydrogen (secondary N) is 1. The molecule has 2 N–H and O–H groups in total. The third-order valence-electron chi connectivity index (χ3n) is 5.13. The Balaban J connectivity index is 1.92. The number of carboxylic acids is 1. The van der Waals surface area contributed by atoms with Crippen LogP contribution in [0.4, 0.5) is 0 Å². The summed E-state index contributed by atoms with van der Waals surface area (Å²) < 4.78 is 0. The lowest BCUT2D eigenvalue weighted by Crippen LogP contribution is -2.46. The number of carbonyl (C=O) groups is 3. The van der Waals surface area contributed by atoms with Crippen molar-refractivity contribution in [2.24, 2.45) is 5.92 Å². The third-order valence-corrected chi connectivity index (χ3v) is 5.13. The zero-order chi connectivity index (χ0) is 19.8. The number of carbonyl (C=O) groups excluding carboxylic acids is 2. The molecule has 0 aliphatic carbocycles. The number of likely N-dealkylation sites (tertiary alicyclic amines) is 1. The van der Waals surface area contributed by atoms with Crippen molar-refractivity contribution in [3.05, 3.63) is 35.9 Å². The maximum atomic E-state index is 12.6. The largest absolute Gasteiger partial charge is 0.480 e. The van der Waals surface area contributed by atoms with E-state index in [2.05, 4.69) is 5.32 Å². The summed E-state index contributed by atoms with van der Waals surface area (Å²) in [5.41, 5.74) is 0.866. The SMILES string of the molecule is CCCC(=O)N1CCC[C@H]1C[C@@H](C)C(=O)N[C@H](Cc1ccccc1)C(=O)O. The molecule has 2 amide bonds. The Morgan fingerprint density at radius 1 is 1.26 bits per heavy atom. The van der Waals surface area contributed by atoms with Crippen molar-refractivity contribution in [3.63, 3.8) is 0 Å². The van der Waals surface area contributed by atoms with Crippen LogP contribution in [0.5, 0.6) is 0 Å². The molecule has 148 valence electrons. The minimum atomic E-state index is -1.04. The number of benzene rings is 1. The van der Waals surface area contributed by atoms with Gasteiger partial charge in [0, 0.05) is 31.3 Å². The van der Waals surface area contributed by atoms with Crippen molar-refractivity contribution in [3.8, 4) is 0 Å². The molecule has 0 saturated carbocycles. The van der Waals surface area contributed by atoms with Gasteiger partial charge in [-0.3, -0.25) is 9.59 Å². The second-order valence-corrected chi connectivity index (χ2v) is 7.36. The van der Waals surface area contributed by atoms with E-state index in [1.165, 1.54) is 0 Å². The van der Waals surface area contributed by atoms with E-state index in [0.29, 0.717) is 12.8 Å². The first-order valence-corrected chi connectivity index (χ1v) is 9.79. The van der Waals surface area contributed by atoms with Crippen LogP contribution in [0.3, 0.4) is 0 Å². The molecule has 1 aromatic carbocycles. The van der Waals surface area contributed by atoms with E-state index >= 15 is 0 Å². The van der Waals surface area contributed by atoms with Crippen molar-refractivity contribution in [1.82, 2.24) is 10.2 Å². The predicted octanol–water partition coefficient (Wildman–Crippen LogP) is 2.62. The Morgan fingerprint density at radius 3 is 2.59 bits per heavy atom. The molecule has 1 saturated heterocycles. The molecule has 6 nitrogen and oxygen atoms in total. The Labute approximate surface area is 160 Å². The molecular formula is C21H30N2O4. The van der Waals surface area contributed by atoms with E-state index in [-0.39, 0.29) is 30.2 Å². The Kier molecular flexibility index (Phi) is 7.82. The van der Waals surface area contributed by atoms with Crippen LogP contribution in [0.25, 0.3) is 0 Å². The second kappa shape index (κ2) is 10.1. The van der Waals surface area contributed by atoms with Crippen molar-refractivity contribution in [2.45, 2.75) is 64.5 Å². The van der Waals surface area contributed by atoms with E-state index in [4.69, 9.17) is 0 Å². The van der Waals surface area contributed by atoms with E-state index in [0.717, 1.165) is 31.4 Å². The summed E-state index contributed by atoms with van der Waals surface area (Å²) in [5.74, 6) is -1.50. The molecular weight excluding hydrogens is 344 g/mol. The van der Waals surface area contributed by atoms with E-state index < -0.39 is 12.0 Å². The monoisotopic (exact) mass is 374 g/mol. The van der Waals surface area contributed by atoms with Crippen LogP contribution in [-0.2, 0) is 20.8 Å². The Bertz CT molecular complexity index is 647. The van der Waals surface area contributed by atoms with Crippen molar-refractivity contribution < 1.29 is 19.5 Å². The Hall–Kier alpha value is -2.37. The first kappa shape index (κ1) is 20.9. The van der Waals surface area contributed by atoms with Crippen LogP contribution in [0, 0.1) is 5.92 Å². The smallest absolute Gasteiger partial charge is 0.326 e. The average Bonchev–Trinajstić information content (AvgIpc) is 3.10. The summed E-state index contributed by atoms with van der Waals surface area (Å²) in [6.45, 7) is 4.54. The fraction of sp³-hybridized carbons (Fsp3) is 0.571. The number of carboxylic acid groups (broad SMARTS) is 1. The molecule has 1 aliphatic rings. The number of nitrogens with zero attached hydrogens (tertiary/aromatic N) is 1. The quantitative estimate of drug-likeness (QED) is 0.696. The van der Waals surface area contributed by atoms with E-state index in [1.54, 1.807) is 6.92 Å². The molecule has 1 aromatic rings. The lowest BCUT2D eigenvalue weighted by atomic mass is 9.98. The zero-order valence-corrected chi connectivity index (χ0v) is 16.2. The molecule has 6 heteroatoms. The van der Waals surface area contributed by atoms with Crippen LogP contribution in [-0.4, -0.2) is 46.4 Å². The fourth-order valence-electron chi connectivity index (χ4n) is 3.65. The van der Waals surface area contributed by atoms with Gasteiger partial charge in [0.2, 0.25) is 11.8 Å². The Morgan fingerprint density at radius 2 is 1.96 bits per heavy atom. The van der Waals surface area contributed by atoms with Gasteiger partial charge in [0.25, 0.3) is 0 Å². The highest BCUT2D eigenvalue weighted by Gasteiger charge is 2.32. The summed E-state index contributed by atoms with van der Waals surface area (Å²) >= 11 is 0. The number of hydrogen-bond acceptors (Lipinski definition) is 3. The minimum Gasteiger partial charge on any atom is -0.480 e. The van der Waals surface area contributed by atoms with Crippen LogP contribution >= 0.6 is 0 Å². The van der Waals surface area contributed by atoms with Gasteiger partial charge in [0.05, 0.1) is 0 Å². The normalized spacial score (nSPS) is 18.7. The van der Waals surface area contributed by atoms with Crippen molar-refractivity contribution in [2.75, 3.05) is 6.54 Å². The third kappa shape index (κ3) is 6.08. The number of aliphatic carboxylic acids is 1. The van der Waals surface area contributed by atoms with Gasteiger partial charge in [0.1, 0.15) is 6.04 Å². The number of rotatable bonds is 9. The molecule has 0 spiro atoms. The molecule has 0 unspecified atom stereocenters. The van der Waals surface area contributed by atoms with Crippen LogP contribution < -0.4 is 5.32 Å². The summed E-state index contributed by atoms with van der Waals surface area (Å²) in [5, 5.41) is 12.1. The highest BCUT2D eigenvalue weighted by atomic mass is 16.4. The molecule has 0 aromatic heterocycles. The minimum absolute atomic E-state index is 0.0715. The van der Waals surface area contributed by atoms with Gasteiger partial charge in [-0.25, -0.2) is 4.79 Å². The molecule has 0 bridgehead atoms. The molecule has 0 radical (unpaired) electrons. The fourth-order valence-corrected chi connectivity index (χ4v) is 3.65. The van der Waals surface area contributed by atoms with Gasteiger partial charge < -0.3 is 15.3 Å². The summed E-state index contributed by atoms with van der Waals surface area (Å²) in [6, 6.07) is 8.38. The first-order valence-electron chi connectivity index (χ1n) is 9.79. The van der Waals surface area contributed by atoms with Crippen LogP contribution in [0.15, 0.2) is 30.3 Å². The molecule has 1 heterocycles. The average molecular weight is 374 g/mol. The number of amides is 2. The van der Waals surface area contributed by atoms with E-state index in [1.807, 2.05) is 42.2 Å². The number of hydrogen-bond donors (Lipinski definition) is 2. The van der Waals surface area contributed by atoms with Gasteiger partial charge in [0.15, 0.2) is 0 Å². The second-order valence-electron chi connectivity index (χ2n) is 7.36. The van der Waals surface area contributed by atoms with Crippen molar-refractivity contribution >= 4 is 17.8 Å². The van der Waals surface area contributed by atoms with Crippen LogP contribution in [0.2, 0.25) is 0 Å². The highest BCUT2D eigenvalue weighted by molar-refractivity contribution is 5.85. The van der Waals surface area contributed by atoms with E-state index in [9.17, 15) is 19.5 Å². The summed E-state index contributed by atoms with van der Waals surface area (Å²) in [4.78, 5) is 38.2. The van der Waals surface area contributed by atoms with Gasteiger partial charge in [-0.05, 0) is 31.2 Å². The molecule has 1 fully saturated rings. The molecule has 3 atom stereocenters. The maximum Gasteiger partial charge on any atom is 0.326 e. The molecule has 1 aliphatic heterocycles.